The van der Waals surface area contributed by atoms with Crippen LogP contribution < -0.4 is 0 Å². The van der Waals surface area contributed by atoms with Gasteiger partial charge in [0.1, 0.15) is 11.0 Å². The number of aromatic nitrogens is 5. The van der Waals surface area contributed by atoms with Crippen molar-refractivity contribution in [1.82, 2.24) is 25.6 Å². The summed E-state index contributed by atoms with van der Waals surface area (Å²) in [5.74, 6) is 0. The fourth-order valence-corrected chi connectivity index (χ4v) is 0.677. The van der Waals surface area contributed by atoms with Gasteiger partial charge in [0.25, 0.3) is 0 Å². The zero-order chi connectivity index (χ0) is 6.81. The number of hydrogen-bond donors (Lipinski definition) is 0. The molecule has 0 spiro atoms. The molecule has 5 heteroatoms. The van der Waals surface area contributed by atoms with Crippen LogP contribution in [0.4, 0.5) is 0 Å². The van der Waals surface area contributed by atoms with Crippen molar-refractivity contribution in [2.24, 2.45) is 0 Å². The van der Waals surface area contributed by atoms with Crippen LogP contribution in [-0.2, 0) is 0 Å². The normalized spacial score (nSPS) is 10.0. The maximum atomic E-state index is 3.84. The van der Waals surface area contributed by atoms with E-state index >= 15 is 0 Å². The molecule has 0 unspecified atom stereocenters. The molecule has 0 fully saturated rings. The van der Waals surface area contributed by atoms with Crippen molar-refractivity contribution in [3.05, 3.63) is 18.5 Å². The minimum atomic E-state index is 0.664. The largest absolute Gasteiger partial charge is 0.262 e. The molecule has 5 nitrogen and oxygen atoms in total. The predicted molar refractivity (Wildman–Crippen MR) is 32.9 cm³/mol. The van der Waals surface area contributed by atoms with Crippen LogP contribution in [0, 0.1) is 0 Å². The van der Waals surface area contributed by atoms with Gasteiger partial charge in [0, 0.05) is 6.20 Å². The van der Waals surface area contributed by atoms with E-state index in [0.29, 0.717) is 11.0 Å². The van der Waals surface area contributed by atoms with Crippen LogP contribution in [0.1, 0.15) is 0 Å². The third kappa shape index (κ3) is 0.680. The molecule has 0 amide bonds. The summed E-state index contributed by atoms with van der Waals surface area (Å²) in [5, 5.41) is 14.1. The maximum absolute atomic E-state index is 3.84. The number of fused-ring (bicyclic) bond motifs is 1. The van der Waals surface area contributed by atoms with Gasteiger partial charge in [-0.3, -0.25) is 4.98 Å². The Labute approximate surface area is 56.1 Å². The van der Waals surface area contributed by atoms with Gasteiger partial charge in [-0.05, 0) is 16.5 Å². The minimum absolute atomic E-state index is 0.664. The van der Waals surface area contributed by atoms with E-state index in [2.05, 4.69) is 25.6 Å². The van der Waals surface area contributed by atoms with Crippen molar-refractivity contribution in [2.75, 3.05) is 0 Å². The van der Waals surface area contributed by atoms with Crippen molar-refractivity contribution < 1.29 is 0 Å². The van der Waals surface area contributed by atoms with Crippen LogP contribution in [0.5, 0.6) is 0 Å². The van der Waals surface area contributed by atoms with Crippen molar-refractivity contribution in [3.8, 4) is 0 Å². The molecule has 0 aliphatic carbocycles. The van der Waals surface area contributed by atoms with Crippen LogP contribution in [0.25, 0.3) is 11.0 Å². The van der Waals surface area contributed by atoms with Gasteiger partial charge in [0.2, 0.25) is 0 Å². The fraction of sp³-hybridized carbons (Fsp3) is 0. The zero-order valence-corrected chi connectivity index (χ0v) is 4.97. The highest BCUT2D eigenvalue weighted by Gasteiger charge is 1.91. The first-order valence-electron chi connectivity index (χ1n) is 2.72. The topological polar surface area (TPSA) is 64.5 Å². The second-order valence-corrected chi connectivity index (χ2v) is 1.74. The number of pyridine rings is 1. The van der Waals surface area contributed by atoms with Crippen molar-refractivity contribution in [3.63, 3.8) is 0 Å². The van der Waals surface area contributed by atoms with Crippen molar-refractivity contribution in [2.45, 2.75) is 0 Å². The third-order valence-corrected chi connectivity index (χ3v) is 1.12. The first-order chi connectivity index (χ1) is 4.97. The smallest absolute Gasteiger partial charge is 0.133 e. The van der Waals surface area contributed by atoms with Gasteiger partial charge in [-0.2, -0.15) is 0 Å². The van der Waals surface area contributed by atoms with Gasteiger partial charge in [-0.1, -0.05) is 0 Å². The van der Waals surface area contributed by atoms with Crippen molar-refractivity contribution in [1.29, 1.82) is 0 Å². The highest BCUT2D eigenvalue weighted by Crippen LogP contribution is 1.99. The first kappa shape index (κ1) is 5.16. The van der Waals surface area contributed by atoms with Gasteiger partial charge in [0.15, 0.2) is 0 Å². The zero-order valence-electron chi connectivity index (χ0n) is 4.97. The third-order valence-electron chi connectivity index (χ3n) is 1.12. The molecule has 2 aromatic rings. The molecule has 0 saturated carbocycles. The summed E-state index contributed by atoms with van der Waals surface area (Å²) in [4.78, 5) is 3.84. The highest BCUT2D eigenvalue weighted by atomic mass is 15.4. The van der Waals surface area contributed by atoms with Gasteiger partial charge in [0.05, 0.1) is 6.20 Å². The Bertz CT molecular complexity index is 281. The second kappa shape index (κ2) is 1.94. The molecule has 0 bridgehead atoms. The molecule has 2 heterocycles. The lowest BCUT2D eigenvalue weighted by molar-refractivity contribution is 0.795. The van der Waals surface area contributed by atoms with Crippen LogP contribution in [0.2, 0.25) is 0 Å². The van der Waals surface area contributed by atoms with E-state index < -0.39 is 0 Å². The lowest BCUT2D eigenvalue weighted by Crippen LogP contribution is -1.91. The first-order valence-corrected chi connectivity index (χ1v) is 2.72. The standard InChI is InChI=1S/C5H3N5/c1-2-6-3-5-4(1)7-9-10-8-5/h1-3H. The summed E-state index contributed by atoms with van der Waals surface area (Å²) in [6.07, 6.45) is 3.23. The molecule has 2 rings (SSSR count). The molecule has 0 aromatic carbocycles. The Morgan fingerprint density at radius 2 is 1.80 bits per heavy atom. The summed E-state index contributed by atoms with van der Waals surface area (Å²) in [5.41, 5.74) is 1.38. The highest BCUT2D eigenvalue weighted by molar-refractivity contribution is 5.70. The molecular formula is C5H3N5. The quantitative estimate of drug-likeness (QED) is 0.498. The second-order valence-electron chi connectivity index (χ2n) is 1.74. The Morgan fingerprint density at radius 3 is 2.60 bits per heavy atom. The summed E-state index contributed by atoms with van der Waals surface area (Å²) in [6, 6.07) is 1.73. The lowest BCUT2D eigenvalue weighted by atomic mass is 10.4. The maximum Gasteiger partial charge on any atom is 0.133 e. The molecule has 2 aromatic heterocycles. The molecular weight excluding hydrogens is 130 g/mol. The molecule has 48 valence electrons. The molecule has 0 radical (unpaired) electrons. The molecule has 0 atom stereocenters. The van der Waals surface area contributed by atoms with E-state index in [9.17, 15) is 0 Å². The van der Waals surface area contributed by atoms with Gasteiger partial charge in [-0.15, -0.1) is 10.2 Å². The van der Waals surface area contributed by atoms with E-state index in [4.69, 9.17) is 0 Å². The van der Waals surface area contributed by atoms with Crippen LogP contribution in [-0.4, -0.2) is 25.6 Å². The van der Waals surface area contributed by atoms with Gasteiger partial charge >= 0.3 is 0 Å². The summed E-state index contributed by atoms with van der Waals surface area (Å²) in [6.45, 7) is 0. The Morgan fingerprint density at radius 1 is 1.00 bits per heavy atom. The Hall–Kier alpha value is -1.65. The molecule has 0 aliphatic rings. The van der Waals surface area contributed by atoms with E-state index in [1.54, 1.807) is 18.5 Å². The van der Waals surface area contributed by atoms with Crippen LogP contribution in [0.3, 0.4) is 0 Å². The van der Waals surface area contributed by atoms with Crippen molar-refractivity contribution >= 4 is 11.0 Å². The van der Waals surface area contributed by atoms with Crippen LogP contribution >= 0.6 is 0 Å². The number of nitrogens with zero attached hydrogens (tertiary/aromatic N) is 5. The number of hydrogen-bond acceptors (Lipinski definition) is 5. The summed E-state index contributed by atoms with van der Waals surface area (Å²) in [7, 11) is 0. The molecule has 0 saturated heterocycles. The van der Waals surface area contributed by atoms with Crippen LogP contribution in [0.15, 0.2) is 18.5 Å². The average molecular weight is 133 g/mol. The minimum Gasteiger partial charge on any atom is -0.262 e. The summed E-state index contributed by atoms with van der Waals surface area (Å²) < 4.78 is 0. The number of rotatable bonds is 0. The molecule has 10 heavy (non-hydrogen) atoms. The van der Waals surface area contributed by atoms with Gasteiger partial charge < -0.3 is 0 Å². The van der Waals surface area contributed by atoms with E-state index in [1.165, 1.54) is 0 Å². The lowest BCUT2D eigenvalue weighted by Gasteiger charge is -1.87. The molecule has 0 aliphatic heterocycles. The Balaban J connectivity index is 2.89. The van der Waals surface area contributed by atoms with Gasteiger partial charge in [-0.25, -0.2) is 0 Å². The average Bonchev–Trinajstić information content (AvgIpc) is 2.05. The predicted octanol–water partition coefficient (Wildman–Crippen LogP) is -0.185. The van der Waals surface area contributed by atoms with E-state index in [-0.39, 0.29) is 0 Å². The fourth-order valence-electron chi connectivity index (χ4n) is 0.677. The SMILES string of the molecule is c1cc2nnnnc2cn1. The Kier molecular flexibility index (Phi) is 1.00. The monoisotopic (exact) mass is 133 g/mol. The molecule has 0 N–H and O–H groups in total. The van der Waals surface area contributed by atoms with E-state index in [1.807, 2.05) is 0 Å². The van der Waals surface area contributed by atoms with E-state index in [0.717, 1.165) is 0 Å². The summed E-state index contributed by atoms with van der Waals surface area (Å²) >= 11 is 0.